The molecule has 0 spiro atoms. The van der Waals surface area contributed by atoms with Crippen LogP contribution in [0, 0.1) is 0 Å². The molecule has 0 radical (unpaired) electrons. The molecule has 1 saturated heterocycles. The predicted octanol–water partition coefficient (Wildman–Crippen LogP) is 4.46. The molecule has 1 aliphatic heterocycles. The number of hydrogen-bond donors (Lipinski definition) is 1. The number of ether oxygens (including phenoxy) is 1. The molecule has 1 amide bonds. The van der Waals surface area contributed by atoms with Crippen LogP contribution in [0.5, 0.6) is 5.75 Å². The summed E-state index contributed by atoms with van der Waals surface area (Å²) >= 11 is 6.15. The molecule has 4 rings (SSSR count). The lowest BCUT2D eigenvalue weighted by atomic mass is 10.0. The van der Waals surface area contributed by atoms with Gasteiger partial charge in [0, 0.05) is 17.5 Å². The maximum Gasteiger partial charge on any atom is 0.252 e. The van der Waals surface area contributed by atoms with E-state index in [9.17, 15) is 4.79 Å². The van der Waals surface area contributed by atoms with Crippen LogP contribution in [-0.2, 0) is 0 Å². The lowest BCUT2D eigenvalue weighted by molar-refractivity contribution is 0.0939. The van der Waals surface area contributed by atoms with Gasteiger partial charge < -0.3 is 10.1 Å². The van der Waals surface area contributed by atoms with Crippen molar-refractivity contribution in [2.24, 2.45) is 0 Å². The zero-order valence-electron chi connectivity index (χ0n) is 16.4. The number of benzene rings is 2. The average molecular weight is 410 g/mol. The van der Waals surface area contributed by atoms with Crippen LogP contribution < -0.4 is 10.1 Å². The van der Waals surface area contributed by atoms with Gasteiger partial charge in [0.15, 0.2) is 0 Å². The number of pyridine rings is 1. The molecule has 6 heteroatoms. The zero-order valence-corrected chi connectivity index (χ0v) is 17.2. The summed E-state index contributed by atoms with van der Waals surface area (Å²) in [6.07, 6.45) is 2.34. The van der Waals surface area contributed by atoms with Gasteiger partial charge in [0.1, 0.15) is 10.9 Å². The summed E-state index contributed by atoms with van der Waals surface area (Å²) in [4.78, 5) is 19.8. The van der Waals surface area contributed by atoms with Crippen molar-refractivity contribution in [2.75, 3.05) is 26.7 Å². The largest absolute Gasteiger partial charge is 0.496 e. The van der Waals surface area contributed by atoms with Gasteiger partial charge >= 0.3 is 0 Å². The second kappa shape index (κ2) is 8.80. The molecule has 5 nitrogen and oxygen atoms in total. The Morgan fingerprint density at radius 1 is 1.17 bits per heavy atom. The molecule has 3 aromatic rings. The van der Waals surface area contributed by atoms with Crippen LogP contribution in [0.2, 0.25) is 5.15 Å². The number of carbonyl (C=O) groups is 1. The van der Waals surface area contributed by atoms with Gasteiger partial charge in [-0.2, -0.15) is 0 Å². The van der Waals surface area contributed by atoms with Crippen LogP contribution in [-0.4, -0.2) is 42.5 Å². The molecule has 0 aliphatic carbocycles. The Bertz CT molecular complexity index is 1020. The topological polar surface area (TPSA) is 54.5 Å². The highest BCUT2D eigenvalue weighted by Gasteiger charge is 2.26. The number of likely N-dealkylation sites (tertiary alicyclic amines) is 1. The van der Waals surface area contributed by atoms with Crippen molar-refractivity contribution in [1.29, 1.82) is 0 Å². The summed E-state index contributed by atoms with van der Waals surface area (Å²) < 4.78 is 5.59. The normalized spacial score (nSPS) is 15.4. The van der Waals surface area contributed by atoms with Crippen molar-refractivity contribution in [3.8, 4) is 5.75 Å². The van der Waals surface area contributed by atoms with Gasteiger partial charge in [-0.15, -0.1) is 0 Å². The number of fused-ring (bicyclic) bond motifs is 1. The first-order valence-corrected chi connectivity index (χ1v) is 10.3. The van der Waals surface area contributed by atoms with Crippen molar-refractivity contribution in [3.63, 3.8) is 0 Å². The van der Waals surface area contributed by atoms with E-state index < -0.39 is 0 Å². The number of nitrogens with one attached hydrogen (secondary N) is 1. The predicted molar refractivity (Wildman–Crippen MR) is 116 cm³/mol. The third-order valence-electron chi connectivity index (χ3n) is 5.46. The molecule has 150 valence electrons. The molecule has 0 saturated carbocycles. The van der Waals surface area contributed by atoms with Crippen LogP contribution in [0.1, 0.15) is 34.8 Å². The molecule has 1 aromatic heterocycles. The number of para-hydroxylation sites is 2. The Hall–Kier alpha value is -2.63. The lowest BCUT2D eigenvalue weighted by Crippen LogP contribution is -2.37. The number of nitrogens with zero attached hydrogens (tertiary/aromatic N) is 2. The molecular weight excluding hydrogens is 386 g/mol. The Morgan fingerprint density at radius 2 is 1.90 bits per heavy atom. The summed E-state index contributed by atoms with van der Waals surface area (Å²) in [5.41, 5.74) is 2.35. The number of methoxy groups -OCH3 is 1. The van der Waals surface area contributed by atoms with E-state index >= 15 is 0 Å². The summed E-state index contributed by atoms with van der Waals surface area (Å²) in [7, 11) is 1.68. The van der Waals surface area contributed by atoms with Crippen molar-refractivity contribution >= 4 is 28.4 Å². The van der Waals surface area contributed by atoms with Gasteiger partial charge in [-0.1, -0.05) is 48.0 Å². The monoisotopic (exact) mass is 409 g/mol. The maximum absolute atomic E-state index is 13.1. The molecule has 1 fully saturated rings. The molecular formula is C23H24ClN3O2. The number of halogens is 1. The van der Waals surface area contributed by atoms with Crippen molar-refractivity contribution in [3.05, 3.63) is 70.9 Å². The van der Waals surface area contributed by atoms with E-state index in [-0.39, 0.29) is 11.9 Å². The zero-order chi connectivity index (χ0) is 20.2. The van der Waals surface area contributed by atoms with E-state index in [4.69, 9.17) is 16.3 Å². The average Bonchev–Trinajstić information content (AvgIpc) is 3.28. The Morgan fingerprint density at radius 3 is 2.69 bits per heavy atom. The molecule has 0 bridgehead atoms. The van der Waals surface area contributed by atoms with E-state index in [2.05, 4.69) is 21.3 Å². The van der Waals surface area contributed by atoms with Gasteiger partial charge in [0.2, 0.25) is 0 Å². The standard InChI is InChI=1S/C23H24ClN3O2/c1-29-21-11-5-3-9-17(21)20(27-12-6-7-13-27)15-25-23(28)18-14-22(24)26-19-10-4-2-8-16(18)19/h2-5,8-11,14,20H,6-7,12-13,15H2,1H3,(H,25,28)/t20-/m0/s1. The fraction of sp³-hybridized carbons (Fsp3) is 0.304. The number of rotatable bonds is 6. The third kappa shape index (κ3) is 4.21. The third-order valence-corrected chi connectivity index (χ3v) is 5.66. The highest BCUT2D eigenvalue weighted by atomic mass is 35.5. The van der Waals surface area contributed by atoms with Crippen molar-refractivity contribution in [2.45, 2.75) is 18.9 Å². The van der Waals surface area contributed by atoms with E-state index in [1.165, 1.54) is 12.8 Å². The first-order valence-electron chi connectivity index (χ1n) is 9.88. The van der Waals surface area contributed by atoms with E-state index in [1.807, 2.05) is 42.5 Å². The smallest absolute Gasteiger partial charge is 0.252 e. The molecule has 1 atom stereocenters. The Labute approximate surface area is 175 Å². The first kappa shape index (κ1) is 19.7. The molecule has 2 aromatic carbocycles. The highest BCUT2D eigenvalue weighted by Crippen LogP contribution is 2.31. The first-order chi connectivity index (χ1) is 14.2. The van der Waals surface area contributed by atoms with E-state index in [1.54, 1.807) is 13.2 Å². The van der Waals surface area contributed by atoms with Crippen molar-refractivity contribution < 1.29 is 9.53 Å². The summed E-state index contributed by atoms with van der Waals surface area (Å²) in [5, 5.41) is 4.23. The molecule has 1 N–H and O–H groups in total. The SMILES string of the molecule is COc1ccccc1[C@H](CNC(=O)c1cc(Cl)nc2ccccc12)N1CCCC1. The van der Waals surface area contributed by atoms with Crippen LogP contribution in [0.25, 0.3) is 10.9 Å². The number of aromatic nitrogens is 1. The van der Waals surface area contributed by atoms with Crippen LogP contribution in [0.15, 0.2) is 54.6 Å². The molecule has 2 heterocycles. The molecule has 29 heavy (non-hydrogen) atoms. The van der Waals surface area contributed by atoms with Gasteiger partial charge in [-0.25, -0.2) is 4.98 Å². The highest BCUT2D eigenvalue weighted by molar-refractivity contribution is 6.30. The Kier molecular flexibility index (Phi) is 5.97. The van der Waals surface area contributed by atoms with Gasteiger partial charge in [-0.05, 0) is 44.1 Å². The van der Waals surface area contributed by atoms with E-state index in [0.29, 0.717) is 22.8 Å². The van der Waals surface area contributed by atoms with Gasteiger partial charge in [0.25, 0.3) is 5.91 Å². The van der Waals surface area contributed by atoms with Gasteiger partial charge in [0.05, 0.1) is 24.2 Å². The number of carbonyl (C=O) groups excluding carboxylic acids is 1. The minimum absolute atomic E-state index is 0.0566. The van der Waals surface area contributed by atoms with E-state index in [0.717, 1.165) is 29.8 Å². The second-order valence-corrected chi connectivity index (χ2v) is 7.61. The maximum atomic E-state index is 13.1. The minimum Gasteiger partial charge on any atom is -0.496 e. The quantitative estimate of drug-likeness (QED) is 0.610. The fourth-order valence-electron chi connectivity index (χ4n) is 4.05. The van der Waals surface area contributed by atoms with Crippen LogP contribution in [0.4, 0.5) is 0 Å². The van der Waals surface area contributed by atoms with Gasteiger partial charge in [-0.3, -0.25) is 9.69 Å². The van der Waals surface area contributed by atoms with Crippen LogP contribution in [0.3, 0.4) is 0 Å². The fourth-order valence-corrected chi connectivity index (χ4v) is 4.25. The van der Waals surface area contributed by atoms with Crippen molar-refractivity contribution in [1.82, 2.24) is 15.2 Å². The summed E-state index contributed by atoms with van der Waals surface area (Å²) in [6, 6.07) is 17.3. The minimum atomic E-state index is -0.149. The molecule has 0 unspecified atom stereocenters. The second-order valence-electron chi connectivity index (χ2n) is 7.22. The van der Waals surface area contributed by atoms with Crippen LogP contribution >= 0.6 is 11.6 Å². The summed E-state index contributed by atoms with van der Waals surface area (Å²) in [6.45, 7) is 2.53. The Balaban J connectivity index is 1.60. The lowest BCUT2D eigenvalue weighted by Gasteiger charge is -2.29. The number of hydrogen-bond acceptors (Lipinski definition) is 4. The molecule has 1 aliphatic rings. The summed E-state index contributed by atoms with van der Waals surface area (Å²) in [5.74, 6) is 0.695. The number of amides is 1.